The largest absolute Gasteiger partial charge is 0.467 e. The summed E-state index contributed by atoms with van der Waals surface area (Å²) in [5.41, 5.74) is 0.871. The first-order valence-electron chi connectivity index (χ1n) is 5.02. The smallest absolute Gasteiger partial charge is 0.338 e. The molecule has 1 unspecified atom stereocenters. The van der Waals surface area contributed by atoms with Crippen LogP contribution in [-0.2, 0) is 20.7 Å². The number of esters is 2. The predicted octanol–water partition coefficient (Wildman–Crippen LogP) is 0.550. The maximum absolute atomic E-state index is 11.4. The molecule has 1 N–H and O–H groups in total. The minimum absolute atomic E-state index is 0.0119. The van der Waals surface area contributed by atoms with Crippen LogP contribution < -0.4 is 0 Å². The summed E-state index contributed by atoms with van der Waals surface area (Å²) in [5.74, 6) is -1.23. The first-order valence-corrected chi connectivity index (χ1v) is 5.02. The Morgan fingerprint density at radius 1 is 1.24 bits per heavy atom. The average molecular weight is 238 g/mol. The topological polar surface area (TPSA) is 72.8 Å². The monoisotopic (exact) mass is 238 g/mol. The number of ether oxygens (including phenoxy) is 2. The zero-order valence-corrected chi connectivity index (χ0v) is 9.67. The van der Waals surface area contributed by atoms with E-state index in [9.17, 15) is 14.7 Å². The van der Waals surface area contributed by atoms with E-state index in [4.69, 9.17) is 0 Å². The van der Waals surface area contributed by atoms with Crippen LogP contribution in [-0.4, -0.2) is 37.4 Å². The van der Waals surface area contributed by atoms with Crippen LogP contribution >= 0.6 is 0 Å². The number of carbonyl (C=O) groups excluding carboxylic acids is 2. The molecule has 5 nitrogen and oxygen atoms in total. The van der Waals surface area contributed by atoms with E-state index < -0.39 is 18.0 Å². The van der Waals surface area contributed by atoms with Gasteiger partial charge in [0.2, 0.25) is 0 Å². The van der Waals surface area contributed by atoms with E-state index in [-0.39, 0.29) is 6.42 Å². The number of rotatable bonds is 4. The minimum Gasteiger partial charge on any atom is -0.467 e. The van der Waals surface area contributed by atoms with Crippen LogP contribution in [0.15, 0.2) is 24.3 Å². The molecular formula is C12H14O5. The van der Waals surface area contributed by atoms with Gasteiger partial charge in [0.1, 0.15) is 0 Å². The number of hydrogen-bond donors (Lipinski definition) is 1. The summed E-state index contributed by atoms with van der Waals surface area (Å²) in [5, 5.41) is 9.52. The number of aliphatic hydroxyl groups excluding tert-OH is 1. The summed E-state index contributed by atoms with van der Waals surface area (Å²) in [6.07, 6.45) is -1.27. The molecule has 0 saturated heterocycles. The fraction of sp³-hybridized carbons (Fsp3) is 0.333. The molecule has 0 aromatic heterocycles. The Kier molecular flexibility index (Phi) is 4.66. The zero-order chi connectivity index (χ0) is 12.8. The van der Waals surface area contributed by atoms with Gasteiger partial charge in [-0.15, -0.1) is 0 Å². The van der Waals surface area contributed by atoms with E-state index in [1.807, 2.05) is 0 Å². The molecule has 1 aromatic rings. The maximum Gasteiger partial charge on any atom is 0.338 e. The van der Waals surface area contributed by atoms with Gasteiger partial charge in [-0.1, -0.05) is 18.2 Å². The molecule has 1 rings (SSSR count). The van der Waals surface area contributed by atoms with Crippen molar-refractivity contribution in [3.05, 3.63) is 35.4 Å². The van der Waals surface area contributed by atoms with Gasteiger partial charge in [0.15, 0.2) is 6.10 Å². The highest BCUT2D eigenvalue weighted by Crippen LogP contribution is 2.13. The van der Waals surface area contributed by atoms with Crippen molar-refractivity contribution in [1.29, 1.82) is 0 Å². The van der Waals surface area contributed by atoms with Crippen molar-refractivity contribution in [2.45, 2.75) is 12.5 Å². The number of benzene rings is 1. The Bertz CT molecular complexity index is 413. The van der Waals surface area contributed by atoms with Crippen molar-refractivity contribution in [1.82, 2.24) is 0 Å². The third-order valence-corrected chi connectivity index (χ3v) is 2.31. The van der Waals surface area contributed by atoms with Crippen LogP contribution in [0.25, 0.3) is 0 Å². The highest BCUT2D eigenvalue weighted by molar-refractivity contribution is 5.91. The Hall–Kier alpha value is -1.88. The van der Waals surface area contributed by atoms with Gasteiger partial charge in [-0.25, -0.2) is 9.59 Å². The molecule has 1 atom stereocenters. The predicted molar refractivity (Wildman–Crippen MR) is 59.5 cm³/mol. The van der Waals surface area contributed by atoms with Crippen LogP contribution in [0.3, 0.4) is 0 Å². The van der Waals surface area contributed by atoms with Gasteiger partial charge in [-0.05, 0) is 11.6 Å². The first kappa shape index (κ1) is 13.2. The van der Waals surface area contributed by atoms with Gasteiger partial charge in [0.25, 0.3) is 0 Å². The lowest BCUT2D eigenvalue weighted by molar-refractivity contribution is -0.150. The average Bonchev–Trinajstić information content (AvgIpc) is 2.37. The van der Waals surface area contributed by atoms with Crippen molar-refractivity contribution in [2.24, 2.45) is 0 Å². The number of aliphatic hydroxyl groups is 1. The summed E-state index contributed by atoms with van der Waals surface area (Å²) in [7, 11) is 2.47. The fourth-order valence-corrected chi connectivity index (χ4v) is 1.44. The molecule has 1 aromatic carbocycles. The van der Waals surface area contributed by atoms with E-state index in [1.54, 1.807) is 24.3 Å². The van der Waals surface area contributed by atoms with Crippen LogP contribution in [0.5, 0.6) is 0 Å². The lowest BCUT2D eigenvalue weighted by atomic mass is 10.0. The molecule has 0 aliphatic heterocycles. The van der Waals surface area contributed by atoms with Gasteiger partial charge in [0, 0.05) is 6.42 Å². The molecule has 92 valence electrons. The first-order chi connectivity index (χ1) is 8.10. The normalized spacial score (nSPS) is 11.7. The van der Waals surface area contributed by atoms with E-state index >= 15 is 0 Å². The lowest BCUT2D eigenvalue weighted by Crippen LogP contribution is -2.25. The van der Waals surface area contributed by atoms with Crippen LogP contribution in [0.4, 0.5) is 0 Å². The summed E-state index contributed by atoms with van der Waals surface area (Å²) >= 11 is 0. The molecule has 0 bridgehead atoms. The van der Waals surface area contributed by atoms with Crippen LogP contribution in [0, 0.1) is 0 Å². The summed E-state index contributed by atoms with van der Waals surface area (Å²) in [6, 6.07) is 6.62. The van der Waals surface area contributed by atoms with Crippen LogP contribution in [0.2, 0.25) is 0 Å². The summed E-state index contributed by atoms with van der Waals surface area (Å²) < 4.78 is 9.01. The molecule has 0 aliphatic rings. The van der Waals surface area contributed by atoms with Gasteiger partial charge >= 0.3 is 11.9 Å². The van der Waals surface area contributed by atoms with E-state index in [1.165, 1.54) is 14.2 Å². The van der Waals surface area contributed by atoms with Gasteiger partial charge in [-0.2, -0.15) is 0 Å². The molecule has 0 saturated carbocycles. The van der Waals surface area contributed by atoms with E-state index in [0.717, 1.165) is 0 Å². The number of methoxy groups -OCH3 is 2. The van der Waals surface area contributed by atoms with Gasteiger partial charge < -0.3 is 14.6 Å². The highest BCUT2D eigenvalue weighted by atomic mass is 16.5. The van der Waals surface area contributed by atoms with Gasteiger partial charge in [-0.3, -0.25) is 0 Å². The summed E-state index contributed by atoms with van der Waals surface area (Å²) in [4.78, 5) is 22.5. The van der Waals surface area contributed by atoms with E-state index in [0.29, 0.717) is 11.1 Å². The molecule has 0 spiro atoms. The Balaban J connectivity index is 2.91. The quantitative estimate of drug-likeness (QED) is 0.775. The molecule has 0 heterocycles. The zero-order valence-electron chi connectivity index (χ0n) is 9.67. The second-order valence-corrected chi connectivity index (χ2v) is 3.39. The lowest BCUT2D eigenvalue weighted by Gasteiger charge is -2.11. The molecule has 0 aliphatic carbocycles. The fourth-order valence-electron chi connectivity index (χ4n) is 1.44. The minimum atomic E-state index is -1.29. The number of carbonyl (C=O) groups is 2. The van der Waals surface area contributed by atoms with E-state index in [2.05, 4.69) is 9.47 Å². The third-order valence-electron chi connectivity index (χ3n) is 2.31. The van der Waals surface area contributed by atoms with Crippen LogP contribution in [0.1, 0.15) is 15.9 Å². The maximum atomic E-state index is 11.4. The van der Waals surface area contributed by atoms with Crippen molar-refractivity contribution in [3.8, 4) is 0 Å². The third kappa shape index (κ3) is 3.29. The molecule has 0 fully saturated rings. The van der Waals surface area contributed by atoms with Crippen molar-refractivity contribution >= 4 is 11.9 Å². The Morgan fingerprint density at radius 2 is 1.88 bits per heavy atom. The van der Waals surface area contributed by atoms with Crippen molar-refractivity contribution in [2.75, 3.05) is 14.2 Å². The molecule has 0 amide bonds. The highest BCUT2D eigenvalue weighted by Gasteiger charge is 2.19. The Labute approximate surface area is 99.0 Å². The number of hydrogen-bond acceptors (Lipinski definition) is 5. The second-order valence-electron chi connectivity index (χ2n) is 3.39. The SMILES string of the molecule is COC(=O)c1ccccc1CC(O)C(=O)OC. The molecular weight excluding hydrogens is 224 g/mol. The van der Waals surface area contributed by atoms with Crippen molar-refractivity contribution < 1.29 is 24.2 Å². The van der Waals surface area contributed by atoms with Crippen molar-refractivity contribution in [3.63, 3.8) is 0 Å². The molecule has 5 heteroatoms. The molecule has 17 heavy (non-hydrogen) atoms. The molecule has 0 radical (unpaired) electrons. The Morgan fingerprint density at radius 3 is 2.47 bits per heavy atom. The van der Waals surface area contributed by atoms with Gasteiger partial charge in [0.05, 0.1) is 19.8 Å². The summed E-state index contributed by atoms with van der Waals surface area (Å²) in [6.45, 7) is 0. The second kappa shape index (κ2) is 6.00. The standard InChI is InChI=1S/C12H14O5/c1-16-11(14)9-6-4-3-5-8(9)7-10(13)12(15)17-2/h3-6,10,13H,7H2,1-2H3.